The summed E-state index contributed by atoms with van der Waals surface area (Å²) in [6.45, 7) is 6.68. The quantitative estimate of drug-likeness (QED) is 0.396. The maximum atomic E-state index is 11.1. The Hall–Kier alpha value is -1.09. The van der Waals surface area contributed by atoms with Gasteiger partial charge in [-0.05, 0) is 20.8 Å². The van der Waals surface area contributed by atoms with E-state index in [0.717, 1.165) is 6.54 Å². The summed E-state index contributed by atoms with van der Waals surface area (Å²) >= 11 is 0. The highest BCUT2D eigenvalue weighted by molar-refractivity contribution is 5.95. The van der Waals surface area contributed by atoms with Gasteiger partial charge in [-0.2, -0.15) is 0 Å². The van der Waals surface area contributed by atoms with E-state index in [-0.39, 0.29) is 5.78 Å². The zero-order valence-corrected chi connectivity index (χ0v) is 8.58. The van der Waals surface area contributed by atoms with Crippen molar-refractivity contribution < 1.29 is 4.79 Å². The van der Waals surface area contributed by atoms with Crippen LogP contribution in [0.3, 0.4) is 0 Å². The van der Waals surface area contributed by atoms with Gasteiger partial charge in [-0.3, -0.25) is 4.79 Å². The molecule has 0 amide bonds. The first-order chi connectivity index (χ1) is 6.15. The van der Waals surface area contributed by atoms with Crippen LogP contribution in [0, 0.1) is 0 Å². The Morgan fingerprint density at radius 3 is 2.46 bits per heavy atom. The fourth-order valence-corrected chi connectivity index (χ4v) is 0.901. The van der Waals surface area contributed by atoms with Crippen LogP contribution in [0.4, 0.5) is 0 Å². The van der Waals surface area contributed by atoms with E-state index in [0.29, 0.717) is 12.2 Å². The molecule has 0 rings (SSSR count). The van der Waals surface area contributed by atoms with Gasteiger partial charge in [0.1, 0.15) is 0 Å². The second-order valence-electron chi connectivity index (χ2n) is 2.73. The van der Waals surface area contributed by atoms with Gasteiger partial charge < -0.3 is 10.6 Å². The number of Topliss-reactive ketones (excluding diaryl/α,β-unsaturated/α-hetero) is 1. The summed E-state index contributed by atoms with van der Waals surface area (Å²) in [5, 5.41) is 0. The molecule has 0 radical (unpaired) electrons. The highest BCUT2D eigenvalue weighted by Gasteiger charge is 2.00. The Labute approximate surface area is 79.9 Å². The molecule has 0 heterocycles. The van der Waals surface area contributed by atoms with Gasteiger partial charge >= 0.3 is 0 Å². The van der Waals surface area contributed by atoms with E-state index in [2.05, 4.69) is 0 Å². The molecule has 0 spiro atoms. The fourth-order valence-electron chi connectivity index (χ4n) is 0.901. The molecule has 13 heavy (non-hydrogen) atoms. The molecule has 0 saturated carbocycles. The normalized spacial score (nSPS) is 12.2. The van der Waals surface area contributed by atoms with Crippen molar-refractivity contribution >= 4 is 5.78 Å². The minimum atomic E-state index is 0.0602. The Morgan fingerprint density at radius 2 is 2.15 bits per heavy atom. The number of carbonyl (C=O) groups is 1. The number of ketones is 1. The molecule has 3 heteroatoms. The molecule has 0 aliphatic carbocycles. The molecular weight excluding hydrogens is 164 g/mol. The highest BCUT2D eigenvalue weighted by atomic mass is 16.1. The van der Waals surface area contributed by atoms with Gasteiger partial charge in [0, 0.05) is 18.3 Å². The van der Waals surface area contributed by atoms with Crippen molar-refractivity contribution in [1.82, 2.24) is 4.90 Å². The number of nitrogens with zero attached hydrogens (tertiary/aromatic N) is 1. The molecule has 74 valence electrons. The topological polar surface area (TPSA) is 46.3 Å². The number of nitrogens with two attached hydrogens (primary N) is 1. The summed E-state index contributed by atoms with van der Waals surface area (Å²) in [6.07, 6.45) is 5.43. The lowest BCUT2D eigenvalue weighted by atomic mass is 10.2. The van der Waals surface area contributed by atoms with Gasteiger partial charge in [0.2, 0.25) is 0 Å². The highest BCUT2D eigenvalue weighted by Crippen LogP contribution is 2.01. The first-order valence-electron chi connectivity index (χ1n) is 4.45. The maximum absolute atomic E-state index is 11.1. The number of allylic oxidation sites excluding steroid dienone is 3. The summed E-state index contributed by atoms with van der Waals surface area (Å²) in [7, 11) is 0. The molecule has 0 bridgehead atoms. The van der Waals surface area contributed by atoms with E-state index in [1.807, 2.05) is 24.8 Å². The van der Waals surface area contributed by atoms with Gasteiger partial charge in [-0.25, -0.2) is 0 Å². The minimum absolute atomic E-state index is 0.0602. The molecule has 0 unspecified atom stereocenters. The zero-order valence-electron chi connectivity index (χ0n) is 8.58. The van der Waals surface area contributed by atoms with Crippen LogP contribution in [0.25, 0.3) is 0 Å². The second kappa shape index (κ2) is 6.43. The lowest BCUT2D eigenvalue weighted by Gasteiger charge is -2.15. The fraction of sp³-hybridized carbons (Fsp3) is 0.500. The Balaban J connectivity index is 4.59. The minimum Gasteiger partial charge on any atom is -0.365 e. The third-order valence-electron chi connectivity index (χ3n) is 1.72. The summed E-state index contributed by atoms with van der Waals surface area (Å²) in [4.78, 5) is 13.0. The van der Waals surface area contributed by atoms with Crippen molar-refractivity contribution in [2.75, 3.05) is 13.2 Å². The largest absolute Gasteiger partial charge is 0.365 e. The summed E-state index contributed by atoms with van der Waals surface area (Å²) in [5.74, 6) is 0.0602. The van der Waals surface area contributed by atoms with E-state index < -0.39 is 0 Å². The lowest BCUT2D eigenvalue weighted by molar-refractivity contribution is -0.113. The van der Waals surface area contributed by atoms with Gasteiger partial charge in [-0.1, -0.05) is 12.2 Å². The van der Waals surface area contributed by atoms with Crippen molar-refractivity contribution in [1.29, 1.82) is 0 Å². The van der Waals surface area contributed by atoms with E-state index >= 15 is 0 Å². The number of carbonyl (C=O) groups excluding carboxylic acids is 1. The number of rotatable bonds is 5. The summed E-state index contributed by atoms with van der Waals surface area (Å²) < 4.78 is 0. The predicted octanol–water partition coefficient (Wildman–Crippen LogP) is 1.27. The molecule has 0 aliphatic rings. The predicted molar refractivity (Wildman–Crippen MR) is 55.0 cm³/mol. The Bertz CT molecular complexity index is 215. The van der Waals surface area contributed by atoms with Crippen LogP contribution in [-0.4, -0.2) is 23.9 Å². The molecule has 2 N–H and O–H groups in total. The van der Waals surface area contributed by atoms with Gasteiger partial charge in [0.25, 0.3) is 0 Å². The third kappa shape index (κ3) is 4.48. The van der Waals surface area contributed by atoms with E-state index in [9.17, 15) is 4.79 Å². The molecule has 0 saturated heterocycles. The van der Waals surface area contributed by atoms with Crippen molar-refractivity contribution in [2.45, 2.75) is 20.8 Å². The molecule has 0 fully saturated rings. The van der Waals surface area contributed by atoms with E-state index in [1.165, 1.54) is 0 Å². The standard InChI is InChI=1S/C10H18N2O/c1-4-6-10(9(3)13)7-12(5-2)8-11/h4,6-7H,5,8,11H2,1-3H3/b6-4-,10-7+. The van der Waals surface area contributed by atoms with Crippen LogP contribution in [0.2, 0.25) is 0 Å². The molecule has 0 aromatic heterocycles. The van der Waals surface area contributed by atoms with Gasteiger partial charge in [0.15, 0.2) is 5.78 Å². The first-order valence-corrected chi connectivity index (χ1v) is 4.45. The van der Waals surface area contributed by atoms with E-state index in [1.54, 1.807) is 19.2 Å². The maximum Gasteiger partial charge on any atom is 0.161 e. The summed E-state index contributed by atoms with van der Waals surface area (Å²) in [6, 6.07) is 0. The van der Waals surface area contributed by atoms with Crippen LogP contribution >= 0.6 is 0 Å². The SMILES string of the molecule is C/C=C\C(=C/N(CC)CN)C(C)=O. The van der Waals surface area contributed by atoms with Crippen LogP contribution in [0.15, 0.2) is 23.9 Å². The Morgan fingerprint density at radius 1 is 1.54 bits per heavy atom. The van der Waals surface area contributed by atoms with Crippen LogP contribution in [0.1, 0.15) is 20.8 Å². The zero-order chi connectivity index (χ0) is 10.3. The molecule has 0 atom stereocenters. The molecule has 0 aliphatic heterocycles. The average Bonchev–Trinajstić information content (AvgIpc) is 2.11. The van der Waals surface area contributed by atoms with Crippen molar-refractivity contribution in [3.63, 3.8) is 0 Å². The van der Waals surface area contributed by atoms with Crippen LogP contribution < -0.4 is 5.73 Å². The smallest absolute Gasteiger partial charge is 0.161 e. The molecule has 0 aromatic rings. The average molecular weight is 182 g/mol. The summed E-state index contributed by atoms with van der Waals surface area (Å²) in [5.41, 5.74) is 6.16. The molecular formula is C10H18N2O. The van der Waals surface area contributed by atoms with Crippen LogP contribution in [-0.2, 0) is 4.79 Å². The van der Waals surface area contributed by atoms with Crippen molar-refractivity contribution in [3.05, 3.63) is 23.9 Å². The van der Waals surface area contributed by atoms with Crippen LogP contribution in [0.5, 0.6) is 0 Å². The Kier molecular flexibility index (Phi) is 5.89. The van der Waals surface area contributed by atoms with Crippen molar-refractivity contribution in [3.8, 4) is 0 Å². The van der Waals surface area contributed by atoms with Crippen molar-refractivity contribution in [2.24, 2.45) is 5.73 Å². The van der Waals surface area contributed by atoms with Gasteiger partial charge in [0.05, 0.1) is 6.67 Å². The third-order valence-corrected chi connectivity index (χ3v) is 1.72. The lowest BCUT2D eigenvalue weighted by Crippen LogP contribution is -2.25. The monoisotopic (exact) mass is 182 g/mol. The van der Waals surface area contributed by atoms with E-state index in [4.69, 9.17) is 5.73 Å². The molecule has 0 aromatic carbocycles. The number of hydrogen-bond donors (Lipinski definition) is 1. The number of hydrogen-bond acceptors (Lipinski definition) is 3. The second-order valence-corrected chi connectivity index (χ2v) is 2.73. The molecule has 3 nitrogen and oxygen atoms in total. The first kappa shape index (κ1) is 11.9. The van der Waals surface area contributed by atoms with Gasteiger partial charge in [-0.15, -0.1) is 0 Å².